The van der Waals surface area contributed by atoms with Gasteiger partial charge in [0.2, 0.25) is 5.91 Å². The van der Waals surface area contributed by atoms with E-state index < -0.39 is 30.0 Å². The number of anilines is 1. The number of amides is 1. The van der Waals surface area contributed by atoms with Crippen LogP contribution in [0.15, 0.2) is 34.8 Å². The third-order valence-corrected chi connectivity index (χ3v) is 4.80. The topological polar surface area (TPSA) is 75.6 Å². The van der Waals surface area contributed by atoms with Crippen LogP contribution < -0.4 is 5.32 Å². The highest BCUT2D eigenvalue weighted by Gasteiger charge is 2.53. The molecule has 2 heterocycles. The molecule has 110 valence electrons. The number of aryl methyl sites for hydroxylation is 1. The molecule has 3 rings (SSSR count). The standard InChI is InChI=1S/C15H14BrNO4/c1-7-6-8(2-3-9(7)16)17-14(18)12-10-4-5-11(21-10)13(12)15(19)20/h2-6,10-13H,1H3,(H,17,18)(H,19,20)/t10-,11+,12+,13-/m0/s1. The van der Waals surface area contributed by atoms with Crippen molar-refractivity contribution >= 4 is 33.5 Å². The van der Waals surface area contributed by atoms with Gasteiger partial charge < -0.3 is 15.2 Å². The summed E-state index contributed by atoms with van der Waals surface area (Å²) in [4.78, 5) is 23.8. The van der Waals surface area contributed by atoms with E-state index in [2.05, 4.69) is 21.2 Å². The maximum atomic E-state index is 12.4. The molecule has 2 N–H and O–H groups in total. The Hall–Kier alpha value is -1.66. The van der Waals surface area contributed by atoms with Crippen molar-refractivity contribution in [1.82, 2.24) is 0 Å². The molecule has 1 saturated heterocycles. The Morgan fingerprint density at radius 2 is 1.90 bits per heavy atom. The summed E-state index contributed by atoms with van der Waals surface area (Å²) in [5, 5.41) is 12.1. The maximum absolute atomic E-state index is 12.4. The summed E-state index contributed by atoms with van der Waals surface area (Å²) in [5.41, 5.74) is 1.64. The van der Waals surface area contributed by atoms with Crippen molar-refractivity contribution in [3.05, 3.63) is 40.4 Å². The molecule has 1 aromatic carbocycles. The fourth-order valence-corrected chi connectivity index (χ4v) is 3.11. The van der Waals surface area contributed by atoms with Gasteiger partial charge in [-0.1, -0.05) is 28.1 Å². The first-order chi connectivity index (χ1) is 9.97. The van der Waals surface area contributed by atoms with Gasteiger partial charge >= 0.3 is 5.97 Å². The van der Waals surface area contributed by atoms with Crippen LogP contribution in [0.2, 0.25) is 0 Å². The van der Waals surface area contributed by atoms with Crippen molar-refractivity contribution in [3.8, 4) is 0 Å². The minimum Gasteiger partial charge on any atom is -0.481 e. The van der Waals surface area contributed by atoms with E-state index in [1.807, 2.05) is 19.1 Å². The van der Waals surface area contributed by atoms with E-state index in [1.165, 1.54) is 0 Å². The summed E-state index contributed by atoms with van der Waals surface area (Å²) in [6, 6.07) is 5.45. The molecule has 0 spiro atoms. The molecule has 0 unspecified atom stereocenters. The first-order valence-electron chi connectivity index (χ1n) is 6.61. The fraction of sp³-hybridized carbons (Fsp3) is 0.333. The average molecular weight is 352 g/mol. The summed E-state index contributed by atoms with van der Waals surface area (Å²) >= 11 is 3.40. The van der Waals surface area contributed by atoms with Crippen molar-refractivity contribution in [2.24, 2.45) is 11.8 Å². The first kappa shape index (κ1) is 14.3. The summed E-state index contributed by atoms with van der Waals surface area (Å²) in [6.07, 6.45) is 2.53. The van der Waals surface area contributed by atoms with Crippen LogP contribution in [-0.4, -0.2) is 29.2 Å². The van der Waals surface area contributed by atoms with Crippen molar-refractivity contribution < 1.29 is 19.4 Å². The van der Waals surface area contributed by atoms with Gasteiger partial charge in [-0.25, -0.2) is 0 Å². The first-order valence-corrected chi connectivity index (χ1v) is 7.40. The molecule has 1 fully saturated rings. The highest BCUT2D eigenvalue weighted by atomic mass is 79.9. The van der Waals surface area contributed by atoms with Gasteiger partial charge in [-0.05, 0) is 30.7 Å². The molecule has 1 aromatic rings. The van der Waals surface area contributed by atoms with Crippen LogP contribution in [0.3, 0.4) is 0 Å². The number of aliphatic carboxylic acids is 1. The number of hydrogen-bond acceptors (Lipinski definition) is 3. The van der Waals surface area contributed by atoms with Crippen LogP contribution in [0, 0.1) is 18.8 Å². The third kappa shape index (κ3) is 2.49. The average Bonchev–Trinajstić information content (AvgIpc) is 3.03. The number of halogens is 1. The molecule has 0 aliphatic carbocycles. The third-order valence-electron chi connectivity index (χ3n) is 3.91. The number of carbonyl (C=O) groups excluding carboxylic acids is 1. The second-order valence-electron chi connectivity index (χ2n) is 5.29. The molecule has 21 heavy (non-hydrogen) atoms. The van der Waals surface area contributed by atoms with Gasteiger partial charge in [0.1, 0.15) is 5.92 Å². The predicted molar refractivity (Wildman–Crippen MR) is 79.9 cm³/mol. The zero-order valence-corrected chi connectivity index (χ0v) is 12.8. The Labute approximate surface area is 130 Å². The molecular formula is C15H14BrNO4. The molecule has 0 saturated carbocycles. The maximum Gasteiger partial charge on any atom is 0.310 e. The Morgan fingerprint density at radius 1 is 1.24 bits per heavy atom. The van der Waals surface area contributed by atoms with E-state index in [9.17, 15) is 14.7 Å². The number of nitrogens with one attached hydrogen (secondary N) is 1. The molecule has 0 aromatic heterocycles. The van der Waals surface area contributed by atoms with Crippen molar-refractivity contribution in [3.63, 3.8) is 0 Å². The van der Waals surface area contributed by atoms with E-state index in [0.717, 1.165) is 10.0 Å². The minimum atomic E-state index is -1.00. The van der Waals surface area contributed by atoms with Crippen LogP contribution in [0.5, 0.6) is 0 Å². The molecule has 4 atom stereocenters. The number of hydrogen-bond donors (Lipinski definition) is 2. The zero-order chi connectivity index (χ0) is 15.1. The molecule has 2 aliphatic rings. The molecular weight excluding hydrogens is 338 g/mol. The number of rotatable bonds is 3. The molecule has 2 bridgehead atoms. The van der Waals surface area contributed by atoms with Gasteiger partial charge in [-0.15, -0.1) is 0 Å². The number of carboxylic acid groups (broad SMARTS) is 1. The van der Waals surface area contributed by atoms with Gasteiger partial charge in [0.05, 0.1) is 18.1 Å². The van der Waals surface area contributed by atoms with Gasteiger partial charge in [-0.3, -0.25) is 9.59 Å². The second kappa shape index (κ2) is 5.27. The Morgan fingerprint density at radius 3 is 2.52 bits per heavy atom. The minimum absolute atomic E-state index is 0.319. The highest BCUT2D eigenvalue weighted by molar-refractivity contribution is 9.10. The van der Waals surface area contributed by atoms with E-state index in [4.69, 9.17) is 4.74 Å². The Balaban J connectivity index is 1.80. The highest BCUT2D eigenvalue weighted by Crippen LogP contribution is 2.39. The van der Waals surface area contributed by atoms with E-state index in [1.54, 1.807) is 18.2 Å². The zero-order valence-electron chi connectivity index (χ0n) is 11.2. The van der Waals surface area contributed by atoms with Crippen LogP contribution in [0.25, 0.3) is 0 Å². The Bertz CT molecular complexity index is 643. The summed E-state index contributed by atoms with van der Waals surface area (Å²) in [6.45, 7) is 1.92. The lowest BCUT2D eigenvalue weighted by Gasteiger charge is -2.21. The van der Waals surface area contributed by atoms with Crippen LogP contribution >= 0.6 is 15.9 Å². The van der Waals surface area contributed by atoms with Gasteiger partial charge in [-0.2, -0.15) is 0 Å². The number of fused-ring (bicyclic) bond motifs is 2. The van der Waals surface area contributed by atoms with Crippen molar-refractivity contribution in [2.45, 2.75) is 19.1 Å². The van der Waals surface area contributed by atoms with Gasteiger partial charge in [0.15, 0.2) is 0 Å². The van der Waals surface area contributed by atoms with Crippen LogP contribution in [-0.2, 0) is 14.3 Å². The number of ether oxygens (including phenoxy) is 1. The lowest BCUT2D eigenvalue weighted by atomic mass is 9.82. The summed E-state index contributed by atoms with van der Waals surface area (Å²) in [5.74, 6) is -2.84. The van der Waals surface area contributed by atoms with Gasteiger partial charge in [0.25, 0.3) is 0 Å². The predicted octanol–water partition coefficient (Wildman–Crippen LogP) is 2.35. The van der Waals surface area contributed by atoms with Crippen molar-refractivity contribution in [2.75, 3.05) is 5.32 Å². The van der Waals surface area contributed by atoms with E-state index in [0.29, 0.717) is 5.69 Å². The van der Waals surface area contributed by atoms with Gasteiger partial charge in [0, 0.05) is 10.2 Å². The summed E-state index contributed by atoms with van der Waals surface area (Å²) < 4.78 is 6.45. The molecule has 1 amide bonds. The lowest BCUT2D eigenvalue weighted by Crippen LogP contribution is -2.39. The largest absolute Gasteiger partial charge is 0.481 e. The van der Waals surface area contributed by atoms with Crippen LogP contribution in [0.1, 0.15) is 5.56 Å². The number of carboxylic acids is 1. The second-order valence-corrected chi connectivity index (χ2v) is 6.15. The number of carbonyl (C=O) groups is 2. The van der Waals surface area contributed by atoms with E-state index >= 15 is 0 Å². The summed E-state index contributed by atoms with van der Waals surface area (Å²) in [7, 11) is 0. The molecule has 5 nitrogen and oxygen atoms in total. The van der Waals surface area contributed by atoms with E-state index in [-0.39, 0.29) is 5.91 Å². The quantitative estimate of drug-likeness (QED) is 0.819. The van der Waals surface area contributed by atoms with Crippen LogP contribution in [0.4, 0.5) is 5.69 Å². The SMILES string of the molecule is Cc1cc(NC(=O)[C@H]2[C@@H](C(=O)O)[C@H]3C=C[C@@H]2O3)ccc1Br. The molecule has 6 heteroatoms. The monoisotopic (exact) mass is 351 g/mol. The van der Waals surface area contributed by atoms with Crippen molar-refractivity contribution in [1.29, 1.82) is 0 Å². The number of benzene rings is 1. The lowest BCUT2D eigenvalue weighted by molar-refractivity contribution is -0.145. The smallest absolute Gasteiger partial charge is 0.310 e. The molecule has 2 aliphatic heterocycles. The normalized spacial score (nSPS) is 29.6. The molecule has 0 radical (unpaired) electrons. The Kier molecular flexibility index (Phi) is 3.59. The fourth-order valence-electron chi connectivity index (χ4n) is 2.86.